The zero-order valence-corrected chi connectivity index (χ0v) is 8.93. The van der Waals surface area contributed by atoms with Crippen LogP contribution in [0.15, 0.2) is 0 Å². The summed E-state index contributed by atoms with van der Waals surface area (Å²) in [6, 6.07) is 0. The van der Waals surface area contributed by atoms with Gasteiger partial charge >= 0.3 is 0 Å². The molecule has 0 radical (unpaired) electrons. The Bertz CT molecular complexity index is 131. The first-order chi connectivity index (χ1) is 6.33. The zero-order valence-electron chi connectivity index (χ0n) is 8.93. The van der Waals surface area contributed by atoms with Crippen LogP contribution in [0.5, 0.6) is 0 Å². The van der Waals surface area contributed by atoms with Gasteiger partial charge in [-0.1, -0.05) is 20.8 Å². The van der Waals surface area contributed by atoms with E-state index in [0.29, 0.717) is 13.0 Å². The Kier molecular flexibility index (Phi) is 7.69. The van der Waals surface area contributed by atoms with Crippen molar-refractivity contribution >= 4 is 5.91 Å². The van der Waals surface area contributed by atoms with Crippen LogP contribution in [-0.2, 0) is 9.53 Å². The van der Waals surface area contributed by atoms with E-state index in [2.05, 4.69) is 5.32 Å². The number of carbonyl (C=O) groups excluding carboxylic acids is 1. The number of ether oxygens (including phenoxy) is 1. The average molecular weight is 187 g/mol. The third kappa shape index (κ3) is 5.64. The van der Waals surface area contributed by atoms with Crippen molar-refractivity contribution in [2.75, 3.05) is 13.2 Å². The highest BCUT2D eigenvalue weighted by Crippen LogP contribution is 2.10. The predicted molar refractivity (Wildman–Crippen MR) is 53.6 cm³/mol. The molecule has 1 saturated heterocycles. The predicted octanol–water partition coefficient (Wildman–Crippen LogP) is 1.72. The lowest BCUT2D eigenvalue weighted by Crippen LogP contribution is -2.31. The van der Waals surface area contributed by atoms with Crippen LogP contribution in [-0.4, -0.2) is 25.2 Å². The molecule has 0 saturated carbocycles. The second kappa shape index (κ2) is 8.05. The molecule has 0 aromatic heterocycles. The minimum absolute atomic E-state index is 0.112. The maximum atomic E-state index is 10.8. The smallest absolute Gasteiger partial charge is 0.219 e. The second-order valence-electron chi connectivity index (χ2n) is 2.79. The van der Waals surface area contributed by atoms with Crippen molar-refractivity contribution in [3.63, 3.8) is 0 Å². The van der Waals surface area contributed by atoms with Crippen LogP contribution >= 0.6 is 0 Å². The van der Waals surface area contributed by atoms with E-state index < -0.39 is 0 Å². The molecule has 3 heteroatoms. The number of amides is 1. The molecule has 0 spiro atoms. The van der Waals surface area contributed by atoms with Crippen molar-refractivity contribution in [2.24, 2.45) is 0 Å². The molecule has 0 bridgehead atoms. The van der Waals surface area contributed by atoms with Gasteiger partial charge in [-0.2, -0.15) is 0 Å². The maximum absolute atomic E-state index is 10.8. The van der Waals surface area contributed by atoms with E-state index in [4.69, 9.17) is 4.74 Å². The Morgan fingerprint density at radius 2 is 2.23 bits per heavy atom. The summed E-state index contributed by atoms with van der Waals surface area (Å²) >= 11 is 0. The van der Waals surface area contributed by atoms with Crippen molar-refractivity contribution in [1.82, 2.24) is 5.32 Å². The van der Waals surface area contributed by atoms with E-state index in [0.717, 1.165) is 19.4 Å². The van der Waals surface area contributed by atoms with Crippen LogP contribution in [0.3, 0.4) is 0 Å². The van der Waals surface area contributed by atoms with Gasteiger partial charge in [0.1, 0.15) is 0 Å². The monoisotopic (exact) mass is 187 g/mol. The minimum Gasteiger partial charge on any atom is -0.376 e. The highest BCUT2D eigenvalue weighted by atomic mass is 16.5. The van der Waals surface area contributed by atoms with Crippen LogP contribution in [0.1, 0.15) is 40.0 Å². The Labute approximate surface area is 80.8 Å². The van der Waals surface area contributed by atoms with Gasteiger partial charge in [-0.15, -0.1) is 0 Å². The minimum atomic E-state index is 0.112. The van der Waals surface area contributed by atoms with Gasteiger partial charge in [-0.05, 0) is 12.8 Å². The van der Waals surface area contributed by atoms with E-state index >= 15 is 0 Å². The topological polar surface area (TPSA) is 38.3 Å². The Hall–Kier alpha value is -0.570. The van der Waals surface area contributed by atoms with Crippen molar-refractivity contribution < 1.29 is 9.53 Å². The summed E-state index contributed by atoms with van der Waals surface area (Å²) in [5, 5.41) is 2.81. The lowest BCUT2D eigenvalue weighted by molar-refractivity contribution is -0.121. The molecular weight excluding hydrogens is 166 g/mol. The number of rotatable bonds is 3. The molecule has 0 aliphatic carbocycles. The first kappa shape index (κ1) is 12.4. The molecule has 78 valence electrons. The molecule has 1 unspecified atom stereocenters. The molecule has 1 amide bonds. The molecular formula is C10H21NO2. The maximum Gasteiger partial charge on any atom is 0.219 e. The molecule has 1 aliphatic heterocycles. The van der Waals surface area contributed by atoms with Crippen LogP contribution in [0, 0.1) is 0 Å². The summed E-state index contributed by atoms with van der Waals surface area (Å²) in [7, 11) is 0. The molecule has 1 aliphatic rings. The standard InChI is InChI=1S/C8H15NO2.C2H6/c1-2-8(10)9-6-7-4-3-5-11-7;1-2/h7H,2-6H2,1H3,(H,9,10);1-2H3. The van der Waals surface area contributed by atoms with Gasteiger partial charge < -0.3 is 10.1 Å². The molecule has 13 heavy (non-hydrogen) atoms. The normalized spacial score (nSPS) is 20.4. The molecule has 3 nitrogen and oxygen atoms in total. The fraction of sp³-hybridized carbons (Fsp3) is 0.900. The van der Waals surface area contributed by atoms with E-state index in [1.807, 2.05) is 20.8 Å². The average Bonchev–Trinajstić information content (AvgIpc) is 2.70. The number of hydrogen-bond acceptors (Lipinski definition) is 2. The largest absolute Gasteiger partial charge is 0.376 e. The van der Waals surface area contributed by atoms with Crippen molar-refractivity contribution in [2.45, 2.75) is 46.1 Å². The van der Waals surface area contributed by atoms with Crippen LogP contribution in [0.25, 0.3) is 0 Å². The van der Waals surface area contributed by atoms with Gasteiger partial charge in [0.15, 0.2) is 0 Å². The molecule has 1 atom stereocenters. The van der Waals surface area contributed by atoms with Gasteiger partial charge in [0.2, 0.25) is 5.91 Å². The molecule has 0 aromatic carbocycles. The third-order valence-electron chi connectivity index (χ3n) is 1.87. The fourth-order valence-corrected chi connectivity index (χ4v) is 1.16. The van der Waals surface area contributed by atoms with Crippen molar-refractivity contribution in [3.05, 3.63) is 0 Å². The molecule has 1 N–H and O–H groups in total. The Morgan fingerprint density at radius 3 is 2.69 bits per heavy atom. The van der Waals surface area contributed by atoms with E-state index in [-0.39, 0.29) is 12.0 Å². The Balaban J connectivity index is 0.000000671. The highest BCUT2D eigenvalue weighted by Gasteiger charge is 2.15. The summed E-state index contributed by atoms with van der Waals surface area (Å²) in [4.78, 5) is 10.8. The number of hydrogen-bond donors (Lipinski definition) is 1. The van der Waals surface area contributed by atoms with E-state index in [1.54, 1.807) is 0 Å². The zero-order chi connectivity index (χ0) is 10.1. The van der Waals surface area contributed by atoms with Gasteiger partial charge in [0.25, 0.3) is 0 Å². The summed E-state index contributed by atoms with van der Waals surface area (Å²) in [5.41, 5.74) is 0. The summed E-state index contributed by atoms with van der Waals surface area (Å²) in [6.07, 6.45) is 3.05. The van der Waals surface area contributed by atoms with Gasteiger partial charge in [-0.3, -0.25) is 4.79 Å². The lowest BCUT2D eigenvalue weighted by Gasteiger charge is -2.09. The van der Waals surface area contributed by atoms with Gasteiger partial charge in [0, 0.05) is 19.6 Å². The van der Waals surface area contributed by atoms with Crippen molar-refractivity contribution in [1.29, 1.82) is 0 Å². The molecule has 0 aromatic rings. The van der Waals surface area contributed by atoms with Crippen LogP contribution < -0.4 is 5.32 Å². The first-order valence-corrected chi connectivity index (χ1v) is 5.21. The quantitative estimate of drug-likeness (QED) is 0.730. The van der Waals surface area contributed by atoms with Gasteiger partial charge in [0.05, 0.1) is 6.10 Å². The second-order valence-corrected chi connectivity index (χ2v) is 2.79. The Morgan fingerprint density at radius 1 is 1.54 bits per heavy atom. The van der Waals surface area contributed by atoms with Crippen molar-refractivity contribution in [3.8, 4) is 0 Å². The van der Waals surface area contributed by atoms with Crippen LogP contribution in [0.2, 0.25) is 0 Å². The number of nitrogens with one attached hydrogen (secondary N) is 1. The number of carbonyl (C=O) groups is 1. The fourth-order valence-electron chi connectivity index (χ4n) is 1.16. The molecule has 1 fully saturated rings. The first-order valence-electron chi connectivity index (χ1n) is 5.21. The van der Waals surface area contributed by atoms with E-state index in [1.165, 1.54) is 0 Å². The van der Waals surface area contributed by atoms with Gasteiger partial charge in [-0.25, -0.2) is 0 Å². The van der Waals surface area contributed by atoms with Crippen LogP contribution in [0.4, 0.5) is 0 Å². The molecule has 1 rings (SSSR count). The summed E-state index contributed by atoms with van der Waals surface area (Å²) < 4.78 is 5.33. The highest BCUT2D eigenvalue weighted by molar-refractivity contribution is 5.75. The third-order valence-corrected chi connectivity index (χ3v) is 1.87. The SMILES string of the molecule is CC.CCC(=O)NCC1CCCO1. The molecule has 1 heterocycles. The summed E-state index contributed by atoms with van der Waals surface area (Å²) in [6.45, 7) is 7.39. The summed E-state index contributed by atoms with van der Waals surface area (Å²) in [5.74, 6) is 0.112. The lowest BCUT2D eigenvalue weighted by atomic mass is 10.2. The van der Waals surface area contributed by atoms with E-state index in [9.17, 15) is 4.79 Å².